The molecule has 200 valence electrons. The van der Waals surface area contributed by atoms with Gasteiger partial charge in [-0.2, -0.15) is 0 Å². The lowest BCUT2D eigenvalue weighted by molar-refractivity contribution is -0.190. The zero-order valence-corrected chi connectivity index (χ0v) is 22.5. The molecule has 0 spiro atoms. The monoisotopic (exact) mass is 491 g/mol. The van der Waals surface area contributed by atoms with Crippen LogP contribution in [0.5, 0.6) is 0 Å². The minimum Gasteiger partial charge on any atom is -0.461 e. The topological polar surface area (TPSA) is 81.7 Å². The van der Waals surface area contributed by atoms with Crippen molar-refractivity contribution in [3.05, 3.63) is 24.3 Å². The summed E-state index contributed by atoms with van der Waals surface area (Å²) < 4.78 is 11.3. The fourth-order valence-corrected chi connectivity index (χ4v) is 4.34. The zero-order valence-electron chi connectivity index (χ0n) is 22.5. The number of amides is 1. The Balaban J connectivity index is 2.70. The number of rotatable bonds is 21. The largest absolute Gasteiger partial charge is 0.461 e. The minimum atomic E-state index is -0.668. The summed E-state index contributed by atoms with van der Waals surface area (Å²) in [6.45, 7) is 8.37. The van der Waals surface area contributed by atoms with Gasteiger partial charge in [-0.1, -0.05) is 90.5 Å². The Labute approximate surface area is 213 Å². The highest BCUT2D eigenvalue weighted by atomic mass is 16.6. The number of carbonyl (C=O) groups excluding carboxylic acids is 3. The molecule has 4 atom stereocenters. The van der Waals surface area contributed by atoms with Crippen molar-refractivity contribution in [1.29, 1.82) is 0 Å². The lowest BCUT2D eigenvalue weighted by Crippen LogP contribution is -2.48. The number of nitrogens with one attached hydrogen (secondary N) is 1. The fourth-order valence-electron chi connectivity index (χ4n) is 4.34. The van der Waals surface area contributed by atoms with Gasteiger partial charge in [-0.15, -0.1) is 0 Å². The third kappa shape index (κ3) is 13.5. The van der Waals surface area contributed by atoms with Crippen molar-refractivity contribution in [3.8, 4) is 0 Å². The van der Waals surface area contributed by atoms with Gasteiger partial charge in [-0.05, 0) is 38.0 Å². The van der Waals surface area contributed by atoms with Crippen LogP contribution in [0.1, 0.15) is 111 Å². The molecule has 1 unspecified atom stereocenters. The number of esters is 2. The van der Waals surface area contributed by atoms with E-state index in [2.05, 4.69) is 37.4 Å². The van der Waals surface area contributed by atoms with Crippen molar-refractivity contribution in [2.75, 3.05) is 0 Å². The lowest BCUT2D eigenvalue weighted by atomic mass is 9.87. The molecule has 1 aliphatic heterocycles. The molecule has 1 fully saturated rings. The van der Waals surface area contributed by atoms with Gasteiger partial charge in [-0.3, -0.25) is 9.59 Å². The van der Waals surface area contributed by atoms with Crippen molar-refractivity contribution in [2.45, 2.75) is 129 Å². The van der Waals surface area contributed by atoms with Crippen LogP contribution >= 0.6 is 0 Å². The third-order valence-corrected chi connectivity index (χ3v) is 6.41. The first-order chi connectivity index (χ1) is 16.9. The normalized spacial score (nSPS) is 19.5. The summed E-state index contributed by atoms with van der Waals surface area (Å²) in [5, 5.41) is 2.59. The van der Waals surface area contributed by atoms with Crippen LogP contribution < -0.4 is 5.32 Å². The standard InChI is InChI=1S/C29H49NO5/c1-5-7-9-11-12-13-14-15-16-18-24(34-29(33)26(30-22-31)20-23(3)4)21-27-25(28(32)35-27)19-17-10-8-6-2/h12-13,15-16,22-27H,5-11,14,17-21H2,1-4H3,(H,30,31)/t24-,25+,26-,27?/m0/s1. The van der Waals surface area contributed by atoms with E-state index in [1.165, 1.54) is 25.7 Å². The lowest BCUT2D eigenvalue weighted by Gasteiger charge is -2.37. The molecule has 35 heavy (non-hydrogen) atoms. The molecule has 0 aliphatic carbocycles. The van der Waals surface area contributed by atoms with Crippen molar-refractivity contribution >= 4 is 18.3 Å². The maximum atomic E-state index is 12.8. The molecule has 1 aliphatic rings. The number of hydrogen-bond donors (Lipinski definition) is 1. The van der Waals surface area contributed by atoms with Crippen LogP contribution in [0.2, 0.25) is 0 Å². The Hall–Kier alpha value is -2.11. The summed E-state index contributed by atoms with van der Waals surface area (Å²) in [4.78, 5) is 35.9. The molecule has 0 aromatic carbocycles. The zero-order chi connectivity index (χ0) is 25.9. The Morgan fingerprint density at radius 2 is 1.74 bits per heavy atom. The van der Waals surface area contributed by atoms with E-state index >= 15 is 0 Å². The first kappa shape index (κ1) is 30.9. The molecule has 1 heterocycles. The molecular weight excluding hydrogens is 442 g/mol. The SMILES string of the molecule is CCCCCC=CCC=CC[C@@H](CC1OC(=O)[C@@H]1CCCCCC)OC(=O)[C@H](CC(C)C)NC=O. The van der Waals surface area contributed by atoms with Crippen LogP contribution in [0.25, 0.3) is 0 Å². The molecular formula is C29H49NO5. The van der Waals surface area contributed by atoms with Gasteiger partial charge in [-0.25, -0.2) is 4.79 Å². The molecule has 0 aromatic rings. The van der Waals surface area contributed by atoms with E-state index < -0.39 is 18.1 Å². The van der Waals surface area contributed by atoms with Crippen LogP contribution in [-0.4, -0.2) is 36.6 Å². The maximum absolute atomic E-state index is 12.8. The predicted octanol–water partition coefficient (Wildman–Crippen LogP) is 6.43. The highest BCUT2D eigenvalue weighted by Gasteiger charge is 2.43. The Morgan fingerprint density at radius 1 is 1.03 bits per heavy atom. The van der Waals surface area contributed by atoms with Gasteiger partial charge in [0.2, 0.25) is 6.41 Å². The summed E-state index contributed by atoms with van der Waals surface area (Å²) >= 11 is 0. The summed E-state index contributed by atoms with van der Waals surface area (Å²) in [7, 11) is 0. The summed E-state index contributed by atoms with van der Waals surface area (Å²) in [6.07, 6.45) is 21.0. The van der Waals surface area contributed by atoms with Crippen molar-refractivity contribution < 1.29 is 23.9 Å². The summed E-state index contributed by atoms with van der Waals surface area (Å²) in [5.41, 5.74) is 0. The van der Waals surface area contributed by atoms with Crippen LogP contribution in [0.4, 0.5) is 0 Å². The Bertz CT molecular complexity index is 657. The van der Waals surface area contributed by atoms with Crippen molar-refractivity contribution in [2.24, 2.45) is 11.8 Å². The van der Waals surface area contributed by atoms with E-state index in [1.54, 1.807) is 0 Å². The molecule has 6 heteroatoms. The van der Waals surface area contributed by atoms with Gasteiger partial charge < -0.3 is 14.8 Å². The highest BCUT2D eigenvalue weighted by Crippen LogP contribution is 2.32. The van der Waals surface area contributed by atoms with Gasteiger partial charge in [0.15, 0.2) is 0 Å². The first-order valence-electron chi connectivity index (χ1n) is 13.8. The van der Waals surface area contributed by atoms with E-state index in [4.69, 9.17) is 9.47 Å². The molecule has 1 amide bonds. The van der Waals surface area contributed by atoms with Gasteiger partial charge in [0.25, 0.3) is 0 Å². The van der Waals surface area contributed by atoms with Gasteiger partial charge in [0.05, 0.1) is 5.92 Å². The van der Waals surface area contributed by atoms with Crippen LogP contribution in [0.15, 0.2) is 24.3 Å². The summed E-state index contributed by atoms with van der Waals surface area (Å²) in [6, 6.07) is -0.668. The average Bonchev–Trinajstić information content (AvgIpc) is 2.81. The van der Waals surface area contributed by atoms with Crippen LogP contribution in [0, 0.1) is 11.8 Å². The number of allylic oxidation sites excluding steroid dienone is 3. The second kappa shape index (κ2) is 19.1. The van der Waals surface area contributed by atoms with E-state index in [-0.39, 0.29) is 23.9 Å². The van der Waals surface area contributed by atoms with E-state index in [9.17, 15) is 14.4 Å². The fraction of sp³-hybridized carbons (Fsp3) is 0.759. The number of ether oxygens (including phenoxy) is 2. The maximum Gasteiger partial charge on any atom is 0.328 e. The number of carbonyl (C=O) groups is 3. The average molecular weight is 492 g/mol. The van der Waals surface area contributed by atoms with Crippen LogP contribution in [-0.2, 0) is 23.9 Å². The summed E-state index contributed by atoms with van der Waals surface area (Å²) in [5.74, 6) is -0.434. The van der Waals surface area contributed by atoms with E-state index in [0.717, 1.165) is 38.5 Å². The second-order valence-electron chi connectivity index (χ2n) is 10.1. The highest BCUT2D eigenvalue weighted by molar-refractivity contribution is 5.79. The van der Waals surface area contributed by atoms with Crippen molar-refractivity contribution in [3.63, 3.8) is 0 Å². The molecule has 0 radical (unpaired) electrons. The van der Waals surface area contributed by atoms with Gasteiger partial charge in [0, 0.05) is 12.8 Å². The number of cyclic esters (lactones) is 1. The van der Waals surface area contributed by atoms with E-state index in [1.807, 2.05) is 19.9 Å². The quantitative estimate of drug-likeness (QED) is 0.0865. The Kier molecular flexibility index (Phi) is 16.9. The van der Waals surface area contributed by atoms with Crippen LogP contribution in [0.3, 0.4) is 0 Å². The molecule has 1 rings (SSSR count). The first-order valence-corrected chi connectivity index (χ1v) is 13.8. The molecule has 0 saturated carbocycles. The second-order valence-corrected chi connectivity index (χ2v) is 10.1. The number of unbranched alkanes of at least 4 members (excludes halogenated alkanes) is 6. The third-order valence-electron chi connectivity index (χ3n) is 6.41. The van der Waals surface area contributed by atoms with Gasteiger partial charge >= 0.3 is 11.9 Å². The van der Waals surface area contributed by atoms with E-state index in [0.29, 0.717) is 25.7 Å². The van der Waals surface area contributed by atoms with Crippen molar-refractivity contribution in [1.82, 2.24) is 5.32 Å². The minimum absolute atomic E-state index is 0.109. The Morgan fingerprint density at radius 3 is 2.40 bits per heavy atom. The molecule has 6 nitrogen and oxygen atoms in total. The van der Waals surface area contributed by atoms with Gasteiger partial charge in [0.1, 0.15) is 18.2 Å². The molecule has 0 aromatic heterocycles. The smallest absolute Gasteiger partial charge is 0.328 e. The molecule has 0 bridgehead atoms. The molecule has 1 saturated heterocycles. The predicted molar refractivity (Wildman–Crippen MR) is 141 cm³/mol. The number of hydrogen-bond acceptors (Lipinski definition) is 5. The molecule has 1 N–H and O–H groups in total.